The van der Waals surface area contributed by atoms with Gasteiger partial charge in [-0.15, -0.1) is 0 Å². The molecule has 1 unspecified atom stereocenters. The van der Waals surface area contributed by atoms with Crippen molar-refractivity contribution in [3.05, 3.63) is 58.3 Å². The molecule has 4 heteroatoms. The van der Waals surface area contributed by atoms with E-state index in [1.807, 2.05) is 31.2 Å². The van der Waals surface area contributed by atoms with Crippen LogP contribution in [0.3, 0.4) is 0 Å². The summed E-state index contributed by atoms with van der Waals surface area (Å²) in [5, 5.41) is 0. The molecular weight excluding hydrogens is 304 g/mol. The van der Waals surface area contributed by atoms with Crippen molar-refractivity contribution in [3.63, 3.8) is 0 Å². The number of halogens is 1. The summed E-state index contributed by atoms with van der Waals surface area (Å²) >= 11 is 3.54. The molecule has 0 saturated heterocycles. The largest absolute Gasteiger partial charge is 0.492 e. The second-order valence-electron chi connectivity index (χ2n) is 4.29. The molecule has 1 heterocycles. The van der Waals surface area contributed by atoms with E-state index in [-0.39, 0.29) is 6.04 Å². The Hall–Kier alpha value is -1.39. The standard InChI is InChI=1S/C15H17BrN2O/c1-2-19-13-7-12(9-18-10-13)15(17)8-11-5-3-4-6-14(11)16/h3-7,9-10,15H,2,8,17H2,1H3. The van der Waals surface area contributed by atoms with Gasteiger partial charge in [0.25, 0.3) is 0 Å². The van der Waals surface area contributed by atoms with Crippen LogP contribution in [-0.4, -0.2) is 11.6 Å². The van der Waals surface area contributed by atoms with Gasteiger partial charge in [-0.2, -0.15) is 0 Å². The van der Waals surface area contributed by atoms with Crippen molar-refractivity contribution in [1.82, 2.24) is 4.98 Å². The minimum absolute atomic E-state index is 0.0911. The van der Waals surface area contributed by atoms with Crippen LogP contribution in [0, 0.1) is 0 Å². The lowest BCUT2D eigenvalue weighted by Gasteiger charge is -2.14. The lowest BCUT2D eigenvalue weighted by atomic mass is 10.0. The second-order valence-corrected chi connectivity index (χ2v) is 5.14. The number of nitrogens with two attached hydrogens (primary N) is 1. The molecule has 19 heavy (non-hydrogen) atoms. The average Bonchev–Trinajstić information content (AvgIpc) is 2.42. The van der Waals surface area contributed by atoms with Gasteiger partial charge in [-0.05, 0) is 36.6 Å². The van der Waals surface area contributed by atoms with E-state index in [2.05, 4.69) is 27.0 Å². The summed E-state index contributed by atoms with van der Waals surface area (Å²) in [4.78, 5) is 4.17. The van der Waals surface area contributed by atoms with Gasteiger partial charge in [0.1, 0.15) is 5.75 Å². The fourth-order valence-electron chi connectivity index (χ4n) is 1.90. The first-order chi connectivity index (χ1) is 9.20. The summed E-state index contributed by atoms with van der Waals surface area (Å²) in [6.07, 6.45) is 4.26. The van der Waals surface area contributed by atoms with Gasteiger partial charge >= 0.3 is 0 Å². The monoisotopic (exact) mass is 320 g/mol. The van der Waals surface area contributed by atoms with Gasteiger partial charge in [-0.1, -0.05) is 34.1 Å². The average molecular weight is 321 g/mol. The lowest BCUT2D eigenvalue weighted by molar-refractivity contribution is 0.338. The Morgan fingerprint density at radius 2 is 2.11 bits per heavy atom. The van der Waals surface area contributed by atoms with Crippen LogP contribution in [0.1, 0.15) is 24.1 Å². The van der Waals surface area contributed by atoms with Gasteiger partial charge < -0.3 is 10.5 Å². The van der Waals surface area contributed by atoms with E-state index >= 15 is 0 Å². The van der Waals surface area contributed by atoms with Crippen LogP contribution in [0.25, 0.3) is 0 Å². The maximum absolute atomic E-state index is 6.24. The SMILES string of the molecule is CCOc1cncc(C(N)Cc2ccccc2Br)c1. The van der Waals surface area contributed by atoms with Crippen LogP contribution < -0.4 is 10.5 Å². The fourth-order valence-corrected chi connectivity index (χ4v) is 2.35. The molecule has 0 aliphatic rings. The van der Waals surface area contributed by atoms with Crippen molar-refractivity contribution < 1.29 is 4.74 Å². The third-order valence-corrected chi connectivity index (χ3v) is 3.64. The van der Waals surface area contributed by atoms with E-state index in [0.717, 1.165) is 22.2 Å². The molecule has 1 aromatic carbocycles. The Balaban J connectivity index is 2.13. The van der Waals surface area contributed by atoms with Gasteiger partial charge in [-0.3, -0.25) is 4.98 Å². The Labute approximate surface area is 121 Å². The molecule has 0 fully saturated rings. The first kappa shape index (κ1) is 14.0. The highest BCUT2D eigenvalue weighted by Gasteiger charge is 2.10. The molecule has 0 spiro atoms. The zero-order valence-electron chi connectivity index (χ0n) is 10.8. The van der Waals surface area contributed by atoms with E-state index < -0.39 is 0 Å². The number of rotatable bonds is 5. The molecule has 0 aliphatic carbocycles. The summed E-state index contributed by atoms with van der Waals surface area (Å²) < 4.78 is 6.53. The summed E-state index contributed by atoms with van der Waals surface area (Å²) in [6, 6.07) is 9.98. The molecule has 1 atom stereocenters. The molecule has 3 nitrogen and oxygen atoms in total. The minimum Gasteiger partial charge on any atom is -0.492 e. The van der Waals surface area contributed by atoms with Crippen molar-refractivity contribution in [1.29, 1.82) is 0 Å². The Bertz CT molecular complexity index is 545. The van der Waals surface area contributed by atoms with Gasteiger partial charge in [0, 0.05) is 16.7 Å². The van der Waals surface area contributed by atoms with Gasteiger partial charge in [-0.25, -0.2) is 0 Å². The van der Waals surface area contributed by atoms with E-state index in [1.165, 1.54) is 5.56 Å². The van der Waals surface area contributed by atoms with E-state index in [9.17, 15) is 0 Å². The quantitative estimate of drug-likeness (QED) is 0.917. The smallest absolute Gasteiger partial charge is 0.137 e. The molecule has 0 bridgehead atoms. The molecule has 100 valence electrons. The maximum Gasteiger partial charge on any atom is 0.137 e. The summed E-state index contributed by atoms with van der Waals surface area (Å²) in [6.45, 7) is 2.58. The number of pyridine rings is 1. The van der Waals surface area contributed by atoms with Crippen molar-refractivity contribution in [2.75, 3.05) is 6.61 Å². The first-order valence-electron chi connectivity index (χ1n) is 6.27. The molecule has 0 radical (unpaired) electrons. The molecule has 2 aromatic rings. The van der Waals surface area contributed by atoms with E-state index in [4.69, 9.17) is 10.5 Å². The third-order valence-electron chi connectivity index (χ3n) is 2.87. The molecule has 2 N–H and O–H groups in total. The summed E-state index contributed by atoms with van der Waals surface area (Å²) in [5.41, 5.74) is 8.42. The Kier molecular flexibility index (Phi) is 4.93. The number of aromatic nitrogens is 1. The predicted molar refractivity (Wildman–Crippen MR) is 80.2 cm³/mol. The molecule has 0 amide bonds. The molecule has 0 saturated carbocycles. The van der Waals surface area contributed by atoms with Crippen molar-refractivity contribution in [3.8, 4) is 5.75 Å². The number of benzene rings is 1. The van der Waals surface area contributed by atoms with Crippen LogP contribution in [0.2, 0.25) is 0 Å². The highest BCUT2D eigenvalue weighted by atomic mass is 79.9. The Morgan fingerprint density at radius 3 is 2.84 bits per heavy atom. The number of hydrogen-bond acceptors (Lipinski definition) is 3. The number of nitrogens with zero attached hydrogens (tertiary/aromatic N) is 1. The van der Waals surface area contributed by atoms with Crippen molar-refractivity contribution in [2.45, 2.75) is 19.4 Å². The second kappa shape index (κ2) is 6.68. The lowest BCUT2D eigenvalue weighted by Crippen LogP contribution is -2.14. The van der Waals surface area contributed by atoms with Crippen LogP contribution in [0.4, 0.5) is 0 Å². The highest BCUT2D eigenvalue weighted by Crippen LogP contribution is 2.23. The topological polar surface area (TPSA) is 48.1 Å². The minimum atomic E-state index is -0.0911. The first-order valence-corrected chi connectivity index (χ1v) is 7.06. The summed E-state index contributed by atoms with van der Waals surface area (Å²) in [5.74, 6) is 0.766. The zero-order valence-corrected chi connectivity index (χ0v) is 12.4. The van der Waals surface area contributed by atoms with Crippen LogP contribution in [-0.2, 0) is 6.42 Å². The normalized spacial score (nSPS) is 12.2. The number of ether oxygens (including phenoxy) is 1. The van der Waals surface area contributed by atoms with Gasteiger partial charge in [0.05, 0.1) is 12.8 Å². The van der Waals surface area contributed by atoms with E-state index in [0.29, 0.717) is 6.61 Å². The van der Waals surface area contributed by atoms with E-state index in [1.54, 1.807) is 12.4 Å². The van der Waals surface area contributed by atoms with Crippen LogP contribution in [0.5, 0.6) is 5.75 Å². The van der Waals surface area contributed by atoms with Gasteiger partial charge in [0.15, 0.2) is 0 Å². The zero-order chi connectivity index (χ0) is 13.7. The third kappa shape index (κ3) is 3.78. The summed E-state index contributed by atoms with van der Waals surface area (Å²) in [7, 11) is 0. The maximum atomic E-state index is 6.24. The van der Waals surface area contributed by atoms with Crippen LogP contribution in [0.15, 0.2) is 47.2 Å². The molecule has 2 rings (SSSR count). The van der Waals surface area contributed by atoms with Gasteiger partial charge in [0.2, 0.25) is 0 Å². The van der Waals surface area contributed by atoms with Crippen molar-refractivity contribution in [2.24, 2.45) is 5.73 Å². The predicted octanol–water partition coefficient (Wildman–Crippen LogP) is 3.49. The molecular formula is C15H17BrN2O. The Morgan fingerprint density at radius 1 is 1.32 bits per heavy atom. The molecule has 0 aliphatic heterocycles. The highest BCUT2D eigenvalue weighted by molar-refractivity contribution is 9.10. The number of hydrogen-bond donors (Lipinski definition) is 1. The van der Waals surface area contributed by atoms with Crippen LogP contribution >= 0.6 is 15.9 Å². The molecule has 1 aromatic heterocycles. The van der Waals surface area contributed by atoms with Crippen molar-refractivity contribution >= 4 is 15.9 Å². The fraction of sp³-hybridized carbons (Fsp3) is 0.267.